The van der Waals surface area contributed by atoms with Gasteiger partial charge in [0.2, 0.25) is 0 Å². The zero-order valence-corrected chi connectivity index (χ0v) is 36.4. The second-order valence-corrected chi connectivity index (χ2v) is 17.9. The van der Waals surface area contributed by atoms with Gasteiger partial charge in [0.15, 0.2) is 0 Å². The predicted molar refractivity (Wildman–Crippen MR) is 263 cm³/mol. The van der Waals surface area contributed by atoms with E-state index in [4.69, 9.17) is 0 Å². The van der Waals surface area contributed by atoms with Crippen molar-refractivity contribution < 1.29 is 0 Å². The molecule has 61 heavy (non-hydrogen) atoms. The van der Waals surface area contributed by atoms with E-state index in [1.807, 2.05) is 0 Å². The number of fused-ring (bicyclic) bond motifs is 12. The molecule has 0 atom stereocenters. The van der Waals surface area contributed by atoms with Crippen LogP contribution in [0.2, 0.25) is 0 Å². The van der Waals surface area contributed by atoms with Crippen molar-refractivity contribution in [2.45, 2.75) is 62.3 Å². The number of aryl methyl sites for hydroxylation is 6. The number of anilines is 5. The highest BCUT2D eigenvalue weighted by Crippen LogP contribution is 2.50. The van der Waals surface area contributed by atoms with Crippen molar-refractivity contribution in [1.29, 1.82) is 0 Å². The quantitative estimate of drug-likeness (QED) is 0.188. The molecule has 4 aromatic heterocycles. The van der Waals surface area contributed by atoms with Gasteiger partial charge in [0.1, 0.15) is 0 Å². The fourth-order valence-electron chi connectivity index (χ4n) is 10.8. The summed E-state index contributed by atoms with van der Waals surface area (Å²) in [6, 6.07) is 46.3. The third-order valence-electron chi connectivity index (χ3n) is 14.6. The van der Waals surface area contributed by atoms with Crippen molar-refractivity contribution in [3.05, 3.63) is 171 Å². The van der Waals surface area contributed by atoms with Crippen LogP contribution in [-0.4, -0.2) is 8.80 Å². The lowest BCUT2D eigenvalue weighted by Gasteiger charge is -2.29. The molecule has 0 saturated carbocycles. The van der Waals surface area contributed by atoms with Gasteiger partial charge in [-0.3, -0.25) is 0 Å². The van der Waals surface area contributed by atoms with E-state index in [1.54, 1.807) is 0 Å². The van der Waals surface area contributed by atoms with Crippen molar-refractivity contribution in [3.8, 4) is 0 Å². The number of hydrogen-bond acceptors (Lipinski definition) is 2. The zero-order valence-electron chi connectivity index (χ0n) is 36.4. The van der Waals surface area contributed by atoms with Gasteiger partial charge in [0.05, 0.1) is 38.8 Å². The number of para-hydroxylation sites is 2. The summed E-state index contributed by atoms with van der Waals surface area (Å²) < 4.78 is 5.07. The Labute approximate surface area is 355 Å². The first-order chi connectivity index (χ1) is 29.5. The number of nitrogens with one attached hydrogen (secondary N) is 1. The van der Waals surface area contributed by atoms with Crippen LogP contribution < -0.4 is 10.2 Å². The molecule has 1 N–H and O–H groups in total. The first-order valence-electron chi connectivity index (χ1n) is 21.6. The van der Waals surface area contributed by atoms with Crippen molar-refractivity contribution in [2.75, 3.05) is 10.2 Å². The number of benzene rings is 8. The second kappa shape index (κ2) is 12.5. The molecule has 0 amide bonds. The molecule has 0 radical (unpaired) electrons. The standard InChI is InChI=1S/C57H48N4/c1-30-22-39(23-31(2)36(30)7)58-48-20-18-42-46-28-53-47(29-52(46)60-49-16-12-10-14-44(49)54(48)56(42)60)43-19-21-51(55-45-15-11-13-17-50(45)61(53)57(43)55)59(40-24-32(3)37(8)33(4)25-40)41-26-34(5)38(9)35(6)27-41/h10-29,58H,1-9H3. The first-order valence-corrected chi connectivity index (χ1v) is 21.6. The SMILES string of the molecule is Cc1cc(Nc2ccc3c4cc5c(cc4n4c6ccccc6c2c34)c2ccc(N(c3cc(C)c(C)c(C)c3)c3cc(C)c(C)c(C)c3)c3c4ccccc4n5c23)cc(C)c1C. The molecule has 0 bridgehead atoms. The predicted octanol–water partition coefficient (Wildman–Crippen LogP) is 16.0. The molecule has 8 aromatic carbocycles. The van der Waals surface area contributed by atoms with Crippen molar-refractivity contribution >= 4 is 105 Å². The molecule has 0 aliphatic rings. The molecule has 0 aliphatic carbocycles. The molecule has 4 heteroatoms. The van der Waals surface area contributed by atoms with Crippen LogP contribution in [0.1, 0.15) is 50.1 Å². The molecule has 0 unspecified atom stereocenters. The monoisotopic (exact) mass is 788 g/mol. The summed E-state index contributed by atoms with van der Waals surface area (Å²) in [5.74, 6) is 0. The Morgan fingerprint density at radius 2 is 0.803 bits per heavy atom. The Kier molecular flexibility index (Phi) is 7.35. The van der Waals surface area contributed by atoms with E-state index < -0.39 is 0 Å². The molecular formula is C57H48N4. The van der Waals surface area contributed by atoms with E-state index in [2.05, 4.69) is 203 Å². The van der Waals surface area contributed by atoms with Gasteiger partial charge < -0.3 is 19.0 Å². The molecule has 12 rings (SSSR count). The Morgan fingerprint density at radius 1 is 0.377 bits per heavy atom. The molecule has 0 fully saturated rings. The fourth-order valence-corrected chi connectivity index (χ4v) is 10.8. The van der Waals surface area contributed by atoms with Crippen molar-refractivity contribution in [3.63, 3.8) is 0 Å². The van der Waals surface area contributed by atoms with Crippen LogP contribution in [0, 0.1) is 62.3 Å². The summed E-state index contributed by atoms with van der Waals surface area (Å²) in [5, 5.41) is 14.0. The molecular weight excluding hydrogens is 741 g/mol. The van der Waals surface area contributed by atoms with Gasteiger partial charge in [-0.25, -0.2) is 0 Å². The summed E-state index contributed by atoms with van der Waals surface area (Å²) in [7, 11) is 0. The van der Waals surface area contributed by atoms with Crippen LogP contribution in [0.4, 0.5) is 28.4 Å². The van der Waals surface area contributed by atoms with E-state index in [-0.39, 0.29) is 0 Å². The Balaban J connectivity index is 1.16. The molecule has 296 valence electrons. The largest absolute Gasteiger partial charge is 0.355 e. The van der Waals surface area contributed by atoms with Gasteiger partial charge >= 0.3 is 0 Å². The maximum Gasteiger partial charge on any atom is 0.0641 e. The minimum Gasteiger partial charge on any atom is -0.355 e. The van der Waals surface area contributed by atoms with Crippen LogP contribution in [-0.2, 0) is 0 Å². The maximum absolute atomic E-state index is 3.87. The minimum absolute atomic E-state index is 1.13. The number of aromatic nitrogens is 2. The molecule has 0 saturated heterocycles. The van der Waals surface area contributed by atoms with Crippen LogP contribution in [0.15, 0.2) is 121 Å². The van der Waals surface area contributed by atoms with E-state index >= 15 is 0 Å². The highest BCUT2D eigenvalue weighted by Gasteiger charge is 2.27. The summed E-state index contributed by atoms with van der Waals surface area (Å²) in [5.41, 5.74) is 25.2. The molecule has 12 aromatic rings. The lowest BCUT2D eigenvalue weighted by molar-refractivity contribution is 1.20. The second-order valence-electron chi connectivity index (χ2n) is 17.9. The van der Waals surface area contributed by atoms with Gasteiger partial charge in [-0.1, -0.05) is 48.5 Å². The van der Waals surface area contributed by atoms with E-state index in [9.17, 15) is 0 Å². The summed E-state index contributed by atoms with van der Waals surface area (Å²) in [4.78, 5) is 2.52. The number of nitrogens with zero attached hydrogens (tertiary/aromatic N) is 3. The van der Waals surface area contributed by atoms with Crippen molar-refractivity contribution in [1.82, 2.24) is 8.80 Å². The van der Waals surface area contributed by atoms with Gasteiger partial charge in [-0.05, 0) is 185 Å². The Morgan fingerprint density at radius 3 is 1.31 bits per heavy atom. The lowest BCUT2D eigenvalue weighted by Crippen LogP contribution is -2.12. The van der Waals surface area contributed by atoms with Crippen LogP contribution in [0.5, 0.6) is 0 Å². The van der Waals surface area contributed by atoms with E-state index in [1.165, 1.54) is 143 Å². The first kappa shape index (κ1) is 35.9. The smallest absolute Gasteiger partial charge is 0.0641 e. The minimum atomic E-state index is 1.13. The third-order valence-corrected chi connectivity index (χ3v) is 14.6. The number of hydrogen-bond donors (Lipinski definition) is 1. The topological polar surface area (TPSA) is 24.1 Å². The van der Waals surface area contributed by atoms with Crippen LogP contribution >= 0.6 is 0 Å². The normalized spacial score (nSPS) is 12.3. The molecule has 0 aliphatic heterocycles. The Hall–Kier alpha value is -7.04. The van der Waals surface area contributed by atoms with Gasteiger partial charge in [-0.15, -0.1) is 0 Å². The molecule has 4 heterocycles. The third kappa shape index (κ3) is 4.82. The summed E-state index contributed by atoms with van der Waals surface area (Å²) in [6.45, 7) is 20.1. The molecule has 0 spiro atoms. The average molecular weight is 789 g/mol. The van der Waals surface area contributed by atoms with E-state index in [0.29, 0.717) is 0 Å². The summed E-state index contributed by atoms with van der Waals surface area (Å²) in [6.07, 6.45) is 0. The van der Waals surface area contributed by atoms with Gasteiger partial charge in [0.25, 0.3) is 0 Å². The maximum atomic E-state index is 3.87. The fraction of sp³-hybridized carbons (Fsp3) is 0.158. The zero-order chi connectivity index (χ0) is 41.7. The highest BCUT2D eigenvalue weighted by molar-refractivity contribution is 6.32. The number of rotatable bonds is 5. The average Bonchev–Trinajstić information content (AvgIpc) is 3.97. The lowest BCUT2D eigenvalue weighted by atomic mass is 9.98. The van der Waals surface area contributed by atoms with Crippen molar-refractivity contribution in [2.24, 2.45) is 0 Å². The summed E-state index contributed by atoms with van der Waals surface area (Å²) >= 11 is 0. The van der Waals surface area contributed by atoms with Gasteiger partial charge in [0, 0.05) is 65.8 Å². The van der Waals surface area contributed by atoms with E-state index in [0.717, 1.165) is 11.4 Å². The van der Waals surface area contributed by atoms with Crippen LogP contribution in [0.3, 0.4) is 0 Å². The molecule has 4 nitrogen and oxygen atoms in total. The van der Waals surface area contributed by atoms with Crippen LogP contribution in [0.25, 0.3) is 76.2 Å². The highest BCUT2D eigenvalue weighted by atomic mass is 15.1. The Bertz CT molecular complexity index is 3710. The van der Waals surface area contributed by atoms with Gasteiger partial charge in [-0.2, -0.15) is 0 Å².